The second-order valence-corrected chi connectivity index (χ2v) is 6.84. The monoisotopic (exact) mass is 336 g/mol. The van der Waals surface area contributed by atoms with Gasteiger partial charge in [-0.1, -0.05) is 29.8 Å². The molecule has 1 saturated heterocycles. The minimum atomic E-state index is -0.671. The van der Waals surface area contributed by atoms with Crippen molar-refractivity contribution in [3.63, 3.8) is 0 Å². The number of hydrogen-bond acceptors (Lipinski definition) is 4. The zero-order valence-corrected chi connectivity index (χ0v) is 13.6. The molecule has 0 amide bonds. The topological polar surface area (TPSA) is 53.4 Å². The van der Waals surface area contributed by atoms with Gasteiger partial charge in [-0.3, -0.25) is 9.69 Å². The van der Waals surface area contributed by atoms with Crippen molar-refractivity contribution >= 4 is 28.9 Å². The number of likely N-dealkylation sites (tertiary alicyclic amines) is 1. The van der Waals surface area contributed by atoms with Crippen molar-refractivity contribution in [1.82, 2.24) is 9.88 Å². The average molecular weight is 337 g/mol. The average Bonchev–Trinajstić information content (AvgIpc) is 2.96. The Hall–Kier alpha value is -1.43. The maximum absolute atomic E-state index is 11.0. The van der Waals surface area contributed by atoms with E-state index in [4.69, 9.17) is 16.7 Å². The third-order valence-electron chi connectivity index (χ3n) is 4.00. The number of aliphatic carboxylic acids is 1. The van der Waals surface area contributed by atoms with E-state index in [2.05, 4.69) is 9.88 Å². The predicted octanol–water partition coefficient (Wildman–Crippen LogP) is 3.76. The summed E-state index contributed by atoms with van der Waals surface area (Å²) < 4.78 is 0. The molecule has 1 aliphatic rings. The molecule has 2 heterocycles. The highest BCUT2D eigenvalue weighted by atomic mass is 35.5. The standard InChI is InChI=1S/C16H17ClN2O2S/c17-13-4-2-1-3-12(13)14-10-22-15(18-14)9-19-7-5-11(6-8-19)16(20)21/h1-4,10-11H,5-9H2,(H,20,21). The van der Waals surface area contributed by atoms with Crippen molar-refractivity contribution in [2.75, 3.05) is 13.1 Å². The lowest BCUT2D eigenvalue weighted by atomic mass is 9.97. The third-order valence-corrected chi connectivity index (χ3v) is 5.16. The van der Waals surface area contributed by atoms with Crippen LogP contribution in [0.5, 0.6) is 0 Å². The van der Waals surface area contributed by atoms with Gasteiger partial charge in [0.1, 0.15) is 5.01 Å². The smallest absolute Gasteiger partial charge is 0.306 e. The first-order chi connectivity index (χ1) is 10.6. The summed E-state index contributed by atoms with van der Waals surface area (Å²) in [6, 6.07) is 7.70. The highest BCUT2D eigenvalue weighted by Crippen LogP contribution is 2.29. The van der Waals surface area contributed by atoms with Gasteiger partial charge in [0.05, 0.1) is 18.2 Å². The van der Waals surface area contributed by atoms with Crippen LogP contribution in [0.3, 0.4) is 0 Å². The number of aromatic nitrogens is 1. The van der Waals surface area contributed by atoms with Gasteiger partial charge in [-0.05, 0) is 32.0 Å². The Morgan fingerprint density at radius 2 is 2.09 bits per heavy atom. The number of rotatable bonds is 4. The lowest BCUT2D eigenvalue weighted by Gasteiger charge is -2.29. The van der Waals surface area contributed by atoms with Gasteiger partial charge < -0.3 is 5.11 Å². The van der Waals surface area contributed by atoms with Crippen LogP contribution in [0.1, 0.15) is 17.8 Å². The summed E-state index contributed by atoms with van der Waals surface area (Å²) in [5, 5.41) is 12.8. The maximum atomic E-state index is 11.0. The molecule has 4 nitrogen and oxygen atoms in total. The first-order valence-corrected chi connectivity index (χ1v) is 8.53. The van der Waals surface area contributed by atoms with E-state index in [0.29, 0.717) is 5.02 Å². The molecule has 1 N–H and O–H groups in total. The van der Waals surface area contributed by atoms with Gasteiger partial charge in [-0.25, -0.2) is 4.98 Å². The Balaban J connectivity index is 1.63. The van der Waals surface area contributed by atoms with Gasteiger partial charge in [0.15, 0.2) is 0 Å². The molecule has 1 fully saturated rings. The van der Waals surface area contributed by atoms with Crippen LogP contribution in [0.15, 0.2) is 29.6 Å². The van der Waals surface area contributed by atoms with Crippen LogP contribution < -0.4 is 0 Å². The van der Waals surface area contributed by atoms with E-state index in [1.165, 1.54) is 0 Å². The van der Waals surface area contributed by atoms with Crippen molar-refractivity contribution in [2.24, 2.45) is 5.92 Å². The molecule has 2 aromatic rings. The van der Waals surface area contributed by atoms with Gasteiger partial charge in [0.2, 0.25) is 0 Å². The van der Waals surface area contributed by atoms with Crippen LogP contribution in [-0.2, 0) is 11.3 Å². The summed E-state index contributed by atoms with van der Waals surface area (Å²) in [6.45, 7) is 2.41. The molecule has 0 unspecified atom stereocenters. The summed E-state index contributed by atoms with van der Waals surface area (Å²) in [5.41, 5.74) is 1.86. The Morgan fingerprint density at radius 3 is 2.77 bits per heavy atom. The molecular weight excluding hydrogens is 320 g/mol. The van der Waals surface area contributed by atoms with Crippen LogP contribution in [0.2, 0.25) is 5.02 Å². The SMILES string of the molecule is O=C(O)C1CCN(Cc2nc(-c3ccccc3Cl)cs2)CC1. The molecule has 0 radical (unpaired) electrons. The molecule has 116 valence electrons. The molecule has 1 aliphatic heterocycles. The molecule has 3 rings (SSSR count). The molecule has 0 aliphatic carbocycles. The van der Waals surface area contributed by atoms with E-state index in [1.807, 2.05) is 29.6 Å². The largest absolute Gasteiger partial charge is 0.481 e. The number of carboxylic acid groups (broad SMARTS) is 1. The molecule has 6 heteroatoms. The fraction of sp³-hybridized carbons (Fsp3) is 0.375. The van der Waals surface area contributed by atoms with Crippen molar-refractivity contribution in [3.8, 4) is 11.3 Å². The summed E-state index contributed by atoms with van der Waals surface area (Å²) in [6.07, 6.45) is 1.44. The first-order valence-electron chi connectivity index (χ1n) is 7.28. The summed E-state index contributed by atoms with van der Waals surface area (Å²) in [5.74, 6) is -0.860. The molecule has 1 aromatic heterocycles. The highest BCUT2D eigenvalue weighted by molar-refractivity contribution is 7.09. The molecule has 1 aromatic carbocycles. The Kier molecular flexibility index (Phi) is 4.76. The maximum Gasteiger partial charge on any atom is 0.306 e. The normalized spacial score (nSPS) is 16.8. The third kappa shape index (κ3) is 3.48. The number of benzene rings is 1. The molecule has 0 saturated carbocycles. The van der Waals surface area contributed by atoms with Crippen molar-refractivity contribution in [1.29, 1.82) is 0 Å². The molecule has 0 atom stereocenters. The Bertz CT molecular complexity index is 666. The second-order valence-electron chi connectivity index (χ2n) is 5.49. The minimum Gasteiger partial charge on any atom is -0.481 e. The lowest BCUT2D eigenvalue weighted by molar-refractivity contribution is -0.143. The van der Waals surface area contributed by atoms with Crippen molar-refractivity contribution < 1.29 is 9.90 Å². The van der Waals surface area contributed by atoms with Crippen LogP contribution in [0.25, 0.3) is 11.3 Å². The number of halogens is 1. The number of piperidine rings is 1. The van der Waals surface area contributed by atoms with Gasteiger partial charge in [0.25, 0.3) is 0 Å². The van der Waals surface area contributed by atoms with E-state index < -0.39 is 5.97 Å². The first kappa shape index (κ1) is 15.5. The lowest BCUT2D eigenvalue weighted by Crippen LogP contribution is -2.35. The van der Waals surface area contributed by atoms with E-state index in [0.717, 1.165) is 48.7 Å². The quantitative estimate of drug-likeness (QED) is 0.923. The zero-order chi connectivity index (χ0) is 15.5. The van der Waals surface area contributed by atoms with Gasteiger partial charge >= 0.3 is 5.97 Å². The predicted molar refractivity (Wildman–Crippen MR) is 88.2 cm³/mol. The van der Waals surface area contributed by atoms with Crippen LogP contribution >= 0.6 is 22.9 Å². The Morgan fingerprint density at radius 1 is 1.36 bits per heavy atom. The molecule has 22 heavy (non-hydrogen) atoms. The minimum absolute atomic E-state index is 0.189. The number of carbonyl (C=O) groups is 1. The summed E-state index contributed by atoms with van der Waals surface area (Å²) >= 11 is 7.83. The molecule has 0 spiro atoms. The number of hydrogen-bond donors (Lipinski definition) is 1. The number of nitrogens with zero attached hydrogens (tertiary/aromatic N) is 2. The van der Waals surface area contributed by atoms with Crippen LogP contribution in [-0.4, -0.2) is 34.0 Å². The molecular formula is C16H17ClN2O2S. The molecule has 0 bridgehead atoms. The summed E-state index contributed by atoms with van der Waals surface area (Å²) in [7, 11) is 0. The summed E-state index contributed by atoms with van der Waals surface area (Å²) in [4.78, 5) is 17.9. The number of thiazole rings is 1. The Labute approximate surface area is 138 Å². The number of carboxylic acids is 1. The fourth-order valence-electron chi connectivity index (χ4n) is 2.71. The van der Waals surface area contributed by atoms with Gasteiger partial charge in [0, 0.05) is 16.0 Å². The van der Waals surface area contributed by atoms with E-state index >= 15 is 0 Å². The zero-order valence-electron chi connectivity index (χ0n) is 12.0. The van der Waals surface area contributed by atoms with Crippen LogP contribution in [0.4, 0.5) is 0 Å². The van der Waals surface area contributed by atoms with E-state index in [9.17, 15) is 4.79 Å². The van der Waals surface area contributed by atoms with E-state index in [-0.39, 0.29) is 5.92 Å². The van der Waals surface area contributed by atoms with Crippen molar-refractivity contribution in [3.05, 3.63) is 39.7 Å². The second kappa shape index (κ2) is 6.77. The van der Waals surface area contributed by atoms with E-state index in [1.54, 1.807) is 11.3 Å². The van der Waals surface area contributed by atoms with Crippen molar-refractivity contribution in [2.45, 2.75) is 19.4 Å². The van der Waals surface area contributed by atoms with Gasteiger partial charge in [-0.15, -0.1) is 11.3 Å². The highest BCUT2D eigenvalue weighted by Gasteiger charge is 2.24. The fourth-order valence-corrected chi connectivity index (χ4v) is 3.77. The van der Waals surface area contributed by atoms with Crippen LogP contribution in [0, 0.1) is 5.92 Å². The van der Waals surface area contributed by atoms with Gasteiger partial charge in [-0.2, -0.15) is 0 Å².